The molecule has 7 nitrogen and oxygen atoms in total. The maximum Gasteiger partial charge on any atom is 0.255 e. The molecule has 0 spiro atoms. The smallest absolute Gasteiger partial charge is 0.255 e. The number of carbonyl (C=O) groups excluding carboxylic acids is 2. The zero-order valence-corrected chi connectivity index (χ0v) is 18.1. The Labute approximate surface area is 187 Å². The summed E-state index contributed by atoms with van der Waals surface area (Å²) in [7, 11) is 0. The third kappa shape index (κ3) is 5.43. The Kier molecular flexibility index (Phi) is 6.99. The van der Waals surface area contributed by atoms with E-state index < -0.39 is 0 Å². The molecule has 0 aliphatic carbocycles. The van der Waals surface area contributed by atoms with Gasteiger partial charge in [0.25, 0.3) is 5.91 Å². The molecule has 0 aromatic heterocycles. The number of anilines is 2. The molecule has 0 saturated carbocycles. The van der Waals surface area contributed by atoms with Crippen molar-refractivity contribution in [3.63, 3.8) is 0 Å². The van der Waals surface area contributed by atoms with Crippen LogP contribution in [0.25, 0.3) is 10.8 Å². The van der Waals surface area contributed by atoms with Crippen LogP contribution in [0.5, 0.6) is 5.75 Å². The predicted octanol–water partition coefficient (Wildman–Crippen LogP) is 3.76. The fourth-order valence-corrected chi connectivity index (χ4v) is 3.75. The molecule has 4 rings (SSSR count). The molecular formula is C25H27N3O4. The quantitative estimate of drug-likeness (QED) is 0.593. The number of carbonyl (C=O) groups is 2. The molecule has 0 radical (unpaired) electrons. The third-order valence-electron chi connectivity index (χ3n) is 5.35. The first-order valence-corrected chi connectivity index (χ1v) is 10.7. The van der Waals surface area contributed by atoms with Gasteiger partial charge in [0.15, 0.2) is 0 Å². The van der Waals surface area contributed by atoms with E-state index in [1.165, 1.54) is 6.92 Å². The zero-order valence-electron chi connectivity index (χ0n) is 18.1. The van der Waals surface area contributed by atoms with E-state index in [1.807, 2.05) is 36.4 Å². The molecule has 2 amide bonds. The van der Waals surface area contributed by atoms with Gasteiger partial charge in [-0.15, -0.1) is 0 Å². The van der Waals surface area contributed by atoms with Gasteiger partial charge in [-0.05, 0) is 30.3 Å². The van der Waals surface area contributed by atoms with Crippen molar-refractivity contribution < 1.29 is 19.1 Å². The van der Waals surface area contributed by atoms with Gasteiger partial charge in [0, 0.05) is 54.3 Å². The van der Waals surface area contributed by atoms with Crippen molar-refractivity contribution in [1.82, 2.24) is 4.90 Å². The van der Waals surface area contributed by atoms with Crippen molar-refractivity contribution in [1.29, 1.82) is 0 Å². The summed E-state index contributed by atoms with van der Waals surface area (Å²) in [6.45, 7) is 6.27. The Morgan fingerprint density at radius 2 is 1.75 bits per heavy atom. The van der Waals surface area contributed by atoms with Crippen LogP contribution in [0.2, 0.25) is 0 Å². The minimum atomic E-state index is -0.247. The normalized spacial score (nSPS) is 14.2. The van der Waals surface area contributed by atoms with Gasteiger partial charge < -0.3 is 20.1 Å². The van der Waals surface area contributed by atoms with Gasteiger partial charge in [-0.2, -0.15) is 0 Å². The number of ether oxygens (including phenoxy) is 2. The lowest BCUT2D eigenvalue weighted by Crippen LogP contribution is -2.38. The maximum atomic E-state index is 12.9. The summed E-state index contributed by atoms with van der Waals surface area (Å²) in [5.74, 6) is 0.362. The molecule has 1 heterocycles. The highest BCUT2D eigenvalue weighted by atomic mass is 16.5. The molecule has 32 heavy (non-hydrogen) atoms. The van der Waals surface area contributed by atoms with E-state index in [1.54, 1.807) is 24.3 Å². The molecule has 166 valence electrons. The van der Waals surface area contributed by atoms with E-state index in [0.717, 1.165) is 49.4 Å². The van der Waals surface area contributed by atoms with Crippen molar-refractivity contribution in [2.45, 2.75) is 6.92 Å². The van der Waals surface area contributed by atoms with Crippen LogP contribution < -0.4 is 15.4 Å². The van der Waals surface area contributed by atoms with Crippen molar-refractivity contribution in [2.75, 3.05) is 50.1 Å². The molecule has 7 heteroatoms. The molecule has 1 aliphatic rings. The molecule has 2 N–H and O–H groups in total. The lowest BCUT2D eigenvalue weighted by atomic mass is 10.1. The molecular weight excluding hydrogens is 406 g/mol. The number of amides is 2. The van der Waals surface area contributed by atoms with Crippen LogP contribution in [-0.4, -0.2) is 56.2 Å². The molecule has 3 aromatic rings. The average Bonchev–Trinajstić information content (AvgIpc) is 2.81. The van der Waals surface area contributed by atoms with Gasteiger partial charge in [-0.3, -0.25) is 14.5 Å². The number of nitrogens with zero attached hydrogens (tertiary/aromatic N) is 1. The number of nitrogens with one attached hydrogen (secondary N) is 2. The van der Waals surface area contributed by atoms with Crippen LogP contribution >= 0.6 is 0 Å². The monoisotopic (exact) mass is 433 g/mol. The van der Waals surface area contributed by atoms with E-state index in [-0.39, 0.29) is 11.8 Å². The van der Waals surface area contributed by atoms with E-state index in [4.69, 9.17) is 9.47 Å². The van der Waals surface area contributed by atoms with Gasteiger partial charge in [0.2, 0.25) is 5.91 Å². The lowest BCUT2D eigenvalue weighted by molar-refractivity contribution is -0.114. The summed E-state index contributed by atoms with van der Waals surface area (Å²) >= 11 is 0. The highest BCUT2D eigenvalue weighted by Gasteiger charge is 2.13. The summed E-state index contributed by atoms with van der Waals surface area (Å²) in [5.41, 5.74) is 1.75. The molecule has 0 bridgehead atoms. The first kappa shape index (κ1) is 21.8. The fraction of sp³-hybridized carbons (Fsp3) is 0.280. The van der Waals surface area contributed by atoms with Crippen LogP contribution in [0.1, 0.15) is 17.3 Å². The Bertz CT molecular complexity index is 1110. The standard InChI is InChI=1S/C25H27N3O4/c1-18(29)26-20-6-4-5-19(17-20)25(30)27-23-9-10-24(22-8-3-2-7-21(22)23)32-16-13-28-11-14-31-15-12-28/h2-10,17H,11-16H2,1H3,(H,26,29)(H,27,30). The first-order chi connectivity index (χ1) is 15.6. The van der Waals surface area contributed by atoms with Gasteiger partial charge in [-0.25, -0.2) is 0 Å². The number of hydrogen-bond acceptors (Lipinski definition) is 5. The topological polar surface area (TPSA) is 79.9 Å². The lowest BCUT2D eigenvalue weighted by Gasteiger charge is -2.26. The van der Waals surface area contributed by atoms with Crippen molar-refractivity contribution >= 4 is 34.0 Å². The zero-order chi connectivity index (χ0) is 22.3. The first-order valence-electron chi connectivity index (χ1n) is 10.7. The van der Waals surface area contributed by atoms with Crippen LogP contribution in [0.3, 0.4) is 0 Å². The second-order valence-electron chi connectivity index (χ2n) is 7.68. The Morgan fingerprint density at radius 3 is 2.53 bits per heavy atom. The summed E-state index contributed by atoms with van der Waals surface area (Å²) in [5, 5.41) is 7.53. The summed E-state index contributed by atoms with van der Waals surface area (Å²) < 4.78 is 11.5. The number of rotatable bonds is 7. The van der Waals surface area contributed by atoms with Crippen molar-refractivity contribution in [3.8, 4) is 5.75 Å². The number of morpholine rings is 1. The second-order valence-corrected chi connectivity index (χ2v) is 7.68. The van der Waals surface area contributed by atoms with Crippen molar-refractivity contribution in [2.24, 2.45) is 0 Å². The highest BCUT2D eigenvalue weighted by Crippen LogP contribution is 2.32. The van der Waals surface area contributed by atoms with Crippen molar-refractivity contribution in [3.05, 3.63) is 66.2 Å². The highest BCUT2D eigenvalue weighted by molar-refractivity contribution is 6.10. The molecule has 0 unspecified atom stereocenters. The largest absolute Gasteiger partial charge is 0.492 e. The Morgan fingerprint density at radius 1 is 0.969 bits per heavy atom. The molecule has 0 atom stereocenters. The Balaban J connectivity index is 1.48. The van der Waals surface area contributed by atoms with Crippen LogP contribution in [-0.2, 0) is 9.53 Å². The minimum Gasteiger partial charge on any atom is -0.492 e. The van der Waals surface area contributed by atoms with Gasteiger partial charge in [-0.1, -0.05) is 30.3 Å². The van der Waals surface area contributed by atoms with Gasteiger partial charge in [0.1, 0.15) is 12.4 Å². The molecule has 3 aromatic carbocycles. The Hall–Kier alpha value is -3.42. The number of hydrogen-bond donors (Lipinski definition) is 2. The average molecular weight is 434 g/mol. The fourth-order valence-electron chi connectivity index (χ4n) is 3.75. The summed E-state index contributed by atoms with van der Waals surface area (Å²) in [6.07, 6.45) is 0. The van der Waals surface area contributed by atoms with E-state index in [9.17, 15) is 9.59 Å². The molecule has 1 aliphatic heterocycles. The summed E-state index contributed by atoms with van der Waals surface area (Å²) in [6, 6.07) is 18.5. The number of fused-ring (bicyclic) bond motifs is 1. The van der Waals surface area contributed by atoms with Crippen LogP contribution in [0.15, 0.2) is 60.7 Å². The third-order valence-corrected chi connectivity index (χ3v) is 5.35. The minimum absolute atomic E-state index is 0.183. The second kappa shape index (κ2) is 10.3. The maximum absolute atomic E-state index is 12.9. The molecule has 1 saturated heterocycles. The van der Waals surface area contributed by atoms with Gasteiger partial charge in [0.05, 0.1) is 13.2 Å². The van der Waals surface area contributed by atoms with E-state index in [2.05, 4.69) is 15.5 Å². The number of benzene rings is 3. The van der Waals surface area contributed by atoms with Gasteiger partial charge >= 0.3 is 0 Å². The van der Waals surface area contributed by atoms with E-state index in [0.29, 0.717) is 23.5 Å². The predicted molar refractivity (Wildman–Crippen MR) is 125 cm³/mol. The van der Waals surface area contributed by atoms with E-state index >= 15 is 0 Å². The summed E-state index contributed by atoms with van der Waals surface area (Å²) in [4.78, 5) is 26.5. The SMILES string of the molecule is CC(=O)Nc1cccc(C(=O)Nc2ccc(OCCN3CCOCC3)c3ccccc23)c1. The van der Waals surface area contributed by atoms with Crippen LogP contribution in [0.4, 0.5) is 11.4 Å². The molecule has 1 fully saturated rings. The van der Waals surface area contributed by atoms with Crippen LogP contribution in [0, 0.1) is 0 Å².